The molecule has 3 rings (SSSR count). The molecule has 0 aliphatic carbocycles. The Morgan fingerprint density at radius 1 is 1.16 bits per heavy atom. The number of likely N-dealkylation sites (N-methyl/N-ethyl adjacent to an activating group) is 1. The quantitative estimate of drug-likeness (QED) is 0.924. The van der Waals surface area contributed by atoms with Crippen LogP contribution in [0.1, 0.15) is 16.1 Å². The molecule has 6 nitrogen and oxygen atoms in total. The zero-order chi connectivity index (χ0) is 18.0. The van der Waals surface area contributed by atoms with Crippen molar-refractivity contribution in [2.45, 2.75) is 13.0 Å². The predicted molar refractivity (Wildman–Crippen MR) is 94.4 cm³/mol. The Balaban J connectivity index is 1.96. The average molecular weight is 339 g/mol. The lowest BCUT2D eigenvalue weighted by atomic mass is 9.98. The molecule has 1 amide bonds. The lowest BCUT2D eigenvalue weighted by molar-refractivity contribution is -0.144. The maximum Gasteiger partial charge on any atom is 0.322 e. The maximum absolute atomic E-state index is 13.2. The van der Waals surface area contributed by atoms with E-state index in [9.17, 15) is 14.7 Å². The molecule has 1 saturated heterocycles. The first-order valence-electron chi connectivity index (χ1n) is 8.22. The fraction of sp³-hybridized carbons (Fsp3) is 0.316. The molecule has 1 fully saturated rings. The molecular formula is C19H21N3O3. The number of aromatic nitrogens is 1. The largest absolute Gasteiger partial charge is 0.480 e. The summed E-state index contributed by atoms with van der Waals surface area (Å²) < 4.78 is 0. The van der Waals surface area contributed by atoms with Crippen molar-refractivity contribution >= 4 is 11.9 Å². The van der Waals surface area contributed by atoms with Crippen LogP contribution in [0, 0.1) is 6.92 Å². The molecule has 1 aromatic carbocycles. The van der Waals surface area contributed by atoms with Gasteiger partial charge in [0.15, 0.2) is 0 Å². The number of carboxylic acid groups (broad SMARTS) is 1. The lowest BCUT2D eigenvalue weighted by Gasteiger charge is -2.37. The number of rotatable bonds is 3. The number of pyridine rings is 1. The summed E-state index contributed by atoms with van der Waals surface area (Å²) in [5, 5.41) is 9.37. The van der Waals surface area contributed by atoms with Gasteiger partial charge in [0.1, 0.15) is 6.04 Å². The molecule has 1 aliphatic rings. The van der Waals surface area contributed by atoms with Crippen molar-refractivity contribution in [1.29, 1.82) is 0 Å². The van der Waals surface area contributed by atoms with Crippen LogP contribution in [0.3, 0.4) is 0 Å². The van der Waals surface area contributed by atoms with E-state index in [1.807, 2.05) is 43.3 Å². The van der Waals surface area contributed by atoms with Gasteiger partial charge in [-0.25, -0.2) is 0 Å². The van der Waals surface area contributed by atoms with Crippen LogP contribution >= 0.6 is 0 Å². The van der Waals surface area contributed by atoms with Gasteiger partial charge in [-0.05, 0) is 31.2 Å². The van der Waals surface area contributed by atoms with E-state index < -0.39 is 12.0 Å². The van der Waals surface area contributed by atoms with Gasteiger partial charge in [0, 0.05) is 25.8 Å². The van der Waals surface area contributed by atoms with Gasteiger partial charge in [0.25, 0.3) is 5.91 Å². The van der Waals surface area contributed by atoms with Crippen molar-refractivity contribution in [3.8, 4) is 11.1 Å². The van der Waals surface area contributed by atoms with Crippen LogP contribution in [0.4, 0.5) is 0 Å². The average Bonchev–Trinajstić information content (AvgIpc) is 2.62. The summed E-state index contributed by atoms with van der Waals surface area (Å²) in [5.74, 6) is -1.07. The van der Waals surface area contributed by atoms with Gasteiger partial charge in [-0.3, -0.25) is 19.5 Å². The summed E-state index contributed by atoms with van der Waals surface area (Å²) in [5.41, 5.74) is 2.96. The summed E-state index contributed by atoms with van der Waals surface area (Å²) >= 11 is 0. The first kappa shape index (κ1) is 17.1. The molecule has 1 aromatic heterocycles. The van der Waals surface area contributed by atoms with Crippen LogP contribution in [0.2, 0.25) is 0 Å². The van der Waals surface area contributed by atoms with Crippen LogP contribution in [0.25, 0.3) is 11.1 Å². The molecule has 6 heteroatoms. The van der Waals surface area contributed by atoms with Crippen LogP contribution in [-0.4, -0.2) is 64.5 Å². The van der Waals surface area contributed by atoms with Crippen molar-refractivity contribution < 1.29 is 14.7 Å². The number of hydrogen-bond donors (Lipinski definition) is 1. The molecule has 0 saturated carbocycles. The minimum Gasteiger partial charge on any atom is -0.480 e. The number of aryl methyl sites for hydroxylation is 1. The number of carboxylic acids is 1. The molecule has 2 heterocycles. The Morgan fingerprint density at radius 2 is 1.88 bits per heavy atom. The molecule has 1 atom stereocenters. The van der Waals surface area contributed by atoms with Gasteiger partial charge in [0.2, 0.25) is 0 Å². The minimum atomic E-state index is -0.911. The SMILES string of the molecule is Cc1nccc(-c2ccccc2)c1C(=O)N1CCN(C)[C@@H](C(=O)O)C1. The van der Waals surface area contributed by atoms with E-state index in [-0.39, 0.29) is 12.5 Å². The number of amides is 1. The van der Waals surface area contributed by atoms with E-state index in [2.05, 4.69) is 4.98 Å². The van der Waals surface area contributed by atoms with Crippen molar-refractivity contribution in [3.05, 3.63) is 53.9 Å². The monoisotopic (exact) mass is 339 g/mol. The molecule has 25 heavy (non-hydrogen) atoms. The van der Waals surface area contributed by atoms with Gasteiger partial charge < -0.3 is 10.0 Å². The standard InChI is InChI=1S/C19H21N3O3/c1-13-17(15(8-9-20-13)14-6-4-3-5-7-14)18(23)22-11-10-21(2)16(12-22)19(24)25/h3-9,16H,10-12H2,1-2H3,(H,24,25)/t16-/m1/s1. The zero-order valence-electron chi connectivity index (χ0n) is 14.3. The zero-order valence-corrected chi connectivity index (χ0v) is 14.3. The maximum atomic E-state index is 13.2. The van der Waals surface area contributed by atoms with Crippen LogP contribution in [0.5, 0.6) is 0 Å². The number of aliphatic carboxylic acids is 1. The molecule has 1 N–H and O–H groups in total. The summed E-state index contributed by atoms with van der Waals surface area (Å²) in [4.78, 5) is 32.3. The van der Waals surface area contributed by atoms with E-state index in [0.29, 0.717) is 24.3 Å². The highest BCUT2D eigenvalue weighted by Gasteiger charge is 2.33. The molecule has 0 unspecified atom stereocenters. The van der Waals surface area contributed by atoms with E-state index in [1.165, 1.54) is 0 Å². The third kappa shape index (κ3) is 3.39. The third-order valence-electron chi connectivity index (χ3n) is 4.66. The van der Waals surface area contributed by atoms with Gasteiger partial charge in [-0.1, -0.05) is 30.3 Å². The fourth-order valence-corrected chi connectivity index (χ4v) is 3.18. The predicted octanol–water partition coefficient (Wildman–Crippen LogP) is 1.90. The van der Waals surface area contributed by atoms with E-state index in [1.54, 1.807) is 23.0 Å². The van der Waals surface area contributed by atoms with Crippen molar-refractivity contribution in [3.63, 3.8) is 0 Å². The van der Waals surface area contributed by atoms with Gasteiger partial charge in [-0.15, -0.1) is 0 Å². The van der Waals surface area contributed by atoms with Gasteiger partial charge in [0.05, 0.1) is 11.3 Å². The number of nitrogens with zero attached hydrogens (tertiary/aromatic N) is 3. The Hall–Kier alpha value is -2.73. The fourth-order valence-electron chi connectivity index (χ4n) is 3.18. The van der Waals surface area contributed by atoms with Crippen LogP contribution in [0.15, 0.2) is 42.6 Å². The van der Waals surface area contributed by atoms with E-state index in [0.717, 1.165) is 11.1 Å². The number of piperazine rings is 1. The highest BCUT2D eigenvalue weighted by Crippen LogP contribution is 2.27. The Bertz CT molecular complexity index is 792. The van der Waals surface area contributed by atoms with E-state index in [4.69, 9.17) is 0 Å². The molecule has 130 valence electrons. The molecule has 0 spiro atoms. The highest BCUT2D eigenvalue weighted by atomic mass is 16.4. The lowest BCUT2D eigenvalue weighted by Crippen LogP contribution is -2.56. The minimum absolute atomic E-state index is 0.163. The van der Waals surface area contributed by atoms with Gasteiger partial charge >= 0.3 is 5.97 Å². The van der Waals surface area contributed by atoms with Crippen LogP contribution < -0.4 is 0 Å². The second kappa shape index (κ2) is 7.03. The van der Waals surface area contributed by atoms with Crippen LogP contribution in [-0.2, 0) is 4.79 Å². The Labute approximate surface area is 146 Å². The first-order chi connectivity index (χ1) is 12.0. The second-order valence-corrected chi connectivity index (χ2v) is 6.27. The second-order valence-electron chi connectivity index (χ2n) is 6.27. The van der Waals surface area contributed by atoms with E-state index >= 15 is 0 Å². The van der Waals surface area contributed by atoms with Crippen molar-refractivity contribution in [2.24, 2.45) is 0 Å². The molecular weight excluding hydrogens is 318 g/mol. The Kier molecular flexibility index (Phi) is 4.81. The van der Waals surface area contributed by atoms with Gasteiger partial charge in [-0.2, -0.15) is 0 Å². The normalized spacial score (nSPS) is 18.2. The van der Waals surface area contributed by atoms with Crippen molar-refractivity contribution in [2.75, 3.05) is 26.7 Å². The molecule has 0 radical (unpaired) electrons. The summed E-state index contributed by atoms with van der Waals surface area (Å²) in [6.07, 6.45) is 1.69. The topological polar surface area (TPSA) is 73.7 Å². The molecule has 2 aromatic rings. The first-order valence-corrected chi connectivity index (χ1v) is 8.22. The summed E-state index contributed by atoms with van der Waals surface area (Å²) in [6.45, 7) is 3.02. The van der Waals surface area contributed by atoms with Crippen molar-refractivity contribution in [1.82, 2.24) is 14.8 Å². The third-order valence-corrected chi connectivity index (χ3v) is 4.66. The number of carbonyl (C=O) groups is 2. The smallest absolute Gasteiger partial charge is 0.322 e. The molecule has 0 bridgehead atoms. The number of hydrogen-bond acceptors (Lipinski definition) is 4. The molecule has 1 aliphatic heterocycles. The summed E-state index contributed by atoms with van der Waals surface area (Å²) in [6, 6.07) is 10.8. The number of carbonyl (C=O) groups excluding carboxylic acids is 1. The Morgan fingerprint density at radius 3 is 2.56 bits per heavy atom. The number of benzene rings is 1. The highest BCUT2D eigenvalue weighted by molar-refractivity contribution is 6.02. The summed E-state index contributed by atoms with van der Waals surface area (Å²) in [7, 11) is 1.77.